The largest absolute Gasteiger partial charge is 0.399 e. The van der Waals surface area contributed by atoms with Gasteiger partial charge < -0.3 is 10.7 Å². The van der Waals surface area contributed by atoms with Crippen molar-refractivity contribution in [3.8, 4) is 0 Å². The molecule has 0 saturated heterocycles. The maximum absolute atomic E-state index is 5.77. The number of aromatic nitrogens is 2. The lowest BCUT2D eigenvalue weighted by Gasteiger charge is -2.01. The molecule has 3 aromatic rings. The minimum atomic E-state index is 0.764. The van der Waals surface area contributed by atoms with Crippen molar-refractivity contribution < 1.29 is 0 Å². The minimum absolute atomic E-state index is 0.764. The van der Waals surface area contributed by atoms with E-state index < -0.39 is 0 Å². The van der Waals surface area contributed by atoms with Gasteiger partial charge in [0, 0.05) is 11.4 Å². The fraction of sp³-hybridized carbons (Fsp3) is 0.188. The Hall–Kier alpha value is -1.94. The number of nitrogen functional groups attached to an aromatic ring is 1. The van der Waals surface area contributed by atoms with E-state index in [4.69, 9.17) is 5.73 Å². The molecule has 0 aliphatic heterocycles. The highest BCUT2D eigenvalue weighted by molar-refractivity contribution is 7.97. The first-order valence-electron chi connectivity index (χ1n) is 6.58. The van der Waals surface area contributed by atoms with Crippen LogP contribution in [0.2, 0.25) is 0 Å². The Balaban J connectivity index is 1.65. The van der Waals surface area contributed by atoms with E-state index in [1.54, 1.807) is 0 Å². The smallest absolute Gasteiger partial charge is 0.117 e. The lowest BCUT2D eigenvalue weighted by atomic mass is 10.2. The van der Waals surface area contributed by atoms with Gasteiger partial charge in [0.15, 0.2) is 0 Å². The average Bonchev–Trinajstić information content (AvgIpc) is 2.80. The Morgan fingerprint density at radius 1 is 1.15 bits per heavy atom. The molecule has 0 amide bonds. The van der Waals surface area contributed by atoms with Gasteiger partial charge in [-0.15, -0.1) is 11.8 Å². The first-order chi connectivity index (χ1) is 9.70. The number of fused-ring (bicyclic) bond motifs is 1. The van der Waals surface area contributed by atoms with Gasteiger partial charge in [-0.3, -0.25) is 0 Å². The van der Waals surface area contributed by atoms with Gasteiger partial charge >= 0.3 is 0 Å². The number of anilines is 1. The molecule has 0 aliphatic rings. The number of nitrogens with two attached hydrogens (primary N) is 1. The zero-order valence-corrected chi connectivity index (χ0v) is 12.2. The van der Waals surface area contributed by atoms with Crippen molar-refractivity contribution in [1.29, 1.82) is 0 Å². The molecule has 1 aromatic heterocycles. The molecule has 4 heteroatoms. The summed E-state index contributed by atoms with van der Waals surface area (Å²) in [6.45, 7) is 2.12. The molecule has 0 fully saturated rings. The van der Waals surface area contributed by atoms with Crippen LogP contribution in [0.3, 0.4) is 0 Å². The number of rotatable bonds is 4. The van der Waals surface area contributed by atoms with Crippen molar-refractivity contribution in [3.63, 3.8) is 0 Å². The molecule has 1 heterocycles. The van der Waals surface area contributed by atoms with Crippen LogP contribution in [0.5, 0.6) is 0 Å². The summed E-state index contributed by atoms with van der Waals surface area (Å²) in [7, 11) is 0. The molecular weight excluding hydrogens is 266 g/mol. The maximum Gasteiger partial charge on any atom is 0.117 e. The summed E-state index contributed by atoms with van der Waals surface area (Å²) >= 11 is 1.86. The number of benzene rings is 2. The molecule has 0 atom stereocenters. The molecule has 0 radical (unpaired) electrons. The first kappa shape index (κ1) is 13.1. The number of H-pyrrole nitrogens is 1. The molecule has 20 heavy (non-hydrogen) atoms. The van der Waals surface area contributed by atoms with Crippen LogP contribution >= 0.6 is 11.8 Å². The molecule has 0 unspecified atom stereocenters. The van der Waals surface area contributed by atoms with Crippen LogP contribution in [-0.2, 0) is 11.5 Å². The first-order valence-corrected chi connectivity index (χ1v) is 7.73. The third-order valence-electron chi connectivity index (χ3n) is 3.14. The predicted octanol–water partition coefficient (Wildman–Crippen LogP) is 3.89. The third kappa shape index (κ3) is 2.96. The van der Waals surface area contributed by atoms with E-state index in [9.17, 15) is 0 Å². The molecule has 0 aliphatic carbocycles. The molecule has 3 N–H and O–H groups in total. The molecular formula is C16H17N3S. The highest BCUT2D eigenvalue weighted by Crippen LogP contribution is 2.20. The minimum Gasteiger partial charge on any atom is -0.399 e. The van der Waals surface area contributed by atoms with Crippen LogP contribution in [0, 0.1) is 6.92 Å². The van der Waals surface area contributed by atoms with E-state index in [1.165, 1.54) is 11.1 Å². The van der Waals surface area contributed by atoms with Gasteiger partial charge in [-0.05, 0) is 30.7 Å². The average molecular weight is 283 g/mol. The zero-order valence-electron chi connectivity index (χ0n) is 11.4. The number of hydrogen-bond donors (Lipinski definition) is 2. The van der Waals surface area contributed by atoms with Crippen molar-refractivity contribution in [2.45, 2.75) is 18.4 Å². The number of thioether (sulfide) groups is 1. The van der Waals surface area contributed by atoms with E-state index in [0.717, 1.165) is 34.1 Å². The second-order valence-electron chi connectivity index (χ2n) is 4.94. The van der Waals surface area contributed by atoms with Gasteiger partial charge in [-0.1, -0.05) is 29.8 Å². The van der Waals surface area contributed by atoms with Crippen LogP contribution in [-0.4, -0.2) is 9.97 Å². The zero-order chi connectivity index (χ0) is 13.9. The third-order valence-corrected chi connectivity index (χ3v) is 4.16. The number of aryl methyl sites for hydroxylation is 1. The van der Waals surface area contributed by atoms with E-state index >= 15 is 0 Å². The van der Waals surface area contributed by atoms with Crippen LogP contribution < -0.4 is 5.73 Å². The van der Waals surface area contributed by atoms with E-state index in [0.29, 0.717) is 0 Å². The van der Waals surface area contributed by atoms with Gasteiger partial charge in [0.2, 0.25) is 0 Å². The molecule has 102 valence electrons. The molecule has 3 rings (SSSR count). The van der Waals surface area contributed by atoms with E-state index in [2.05, 4.69) is 41.2 Å². The van der Waals surface area contributed by atoms with Gasteiger partial charge in [0.1, 0.15) is 5.82 Å². The quantitative estimate of drug-likeness (QED) is 0.714. The van der Waals surface area contributed by atoms with Crippen molar-refractivity contribution >= 4 is 28.5 Å². The summed E-state index contributed by atoms with van der Waals surface area (Å²) in [5.74, 6) is 2.88. The summed E-state index contributed by atoms with van der Waals surface area (Å²) in [6.07, 6.45) is 0. The summed E-state index contributed by atoms with van der Waals surface area (Å²) in [4.78, 5) is 7.89. The Bertz CT molecular complexity index is 733. The van der Waals surface area contributed by atoms with E-state index in [-0.39, 0.29) is 0 Å². The van der Waals surface area contributed by atoms with E-state index in [1.807, 2.05) is 30.0 Å². The lowest BCUT2D eigenvalue weighted by molar-refractivity contribution is 1.14. The number of nitrogens with one attached hydrogen (secondary N) is 1. The highest BCUT2D eigenvalue weighted by Gasteiger charge is 2.03. The summed E-state index contributed by atoms with van der Waals surface area (Å²) in [5.41, 5.74) is 11.2. The Morgan fingerprint density at radius 3 is 2.90 bits per heavy atom. The summed E-state index contributed by atoms with van der Waals surface area (Å²) in [5, 5.41) is 0. The monoisotopic (exact) mass is 283 g/mol. The standard InChI is InChI=1S/C16H17N3S/c1-11-3-2-4-12(7-11)9-20-10-16-18-14-6-5-13(17)8-15(14)19-16/h2-8H,9-10,17H2,1H3,(H,18,19). The fourth-order valence-electron chi connectivity index (χ4n) is 2.22. The molecule has 3 nitrogen and oxygen atoms in total. The van der Waals surface area contributed by atoms with Crippen LogP contribution in [0.15, 0.2) is 42.5 Å². The van der Waals surface area contributed by atoms with Crippen molar-refractivity contribution in [2.24, 2.45) is 0 Å². The Labute approximate surface area is 122 Å². The van der Waals surface area contributed by atoms with Crippen molar-refractivity contribution in [3.05, 3.63) is 59.4 Å². The van der Waals surface area contributed by atoms with Crippen molar-refractivity contribution in [2.75, 3.05) is 5.73 Å². The molecule has 0 spiro atoms. The molecule has 0 saturated carbocycles. The van der Waals surface area contributed by atoms with Gasteiger partial charge in [0.25, 0.3) is 0 Å². The summed E-state index contributed by atoms with van der Waals surface area (Å²) in [6, 6.07) is 14.4. The maximum atomic E-state index is 5.77. The number of hydrogen-bond acceptors (Lipinski definition) is 3. The Kier molecular flexibility index (Phi) is 3.65. The SMILES string of the molecule is Cc1cccc(CSCc2nc3ccc(N)cc3[nH]2)c1. The predicted molar refractivity (Wildman–Crippen MR) is 86.7 cm³/mol. The van der Waals surface area contributed by atoms with Crippen molar-refractivity contribution in [1.82, 2.24) is 9.97 Å². The van der Waals surface area contributed by atoms with Gasteiger partial charge in [0.05, 0.1) is 16.8 Å². The van der Waals surface area contributed by atoms with Gasteiger partial charge in [-0.2, -0.15) is 0 Å². The van der Waals surface area contributed by atoms with Crippen LogP contribution in [0.25, 0.3) is 11.0 Å². The highest BCUT2D eigenvalue weighted by atomic mass is 32.2. The van der Waals surface area contributed by atoms with Gasteiger partial charge in [-0.25, -0.2) is 4.98 Å². The Morgan fingerprint density at radius 2 is 2.05 bits per heavy atom. The second kappa shape index (κ2) is 5.59. The fourth-order valence-corrected chi connectivity index (χ4v) is 3.06. The number of nitrogens with zero attached hydrogens (tertiary/aromatic N) is 1. The van der Waals surface area contributed by atoms with Crippen LogP contribution in [0.4, 0.5) is 5.69 Å². The lowest BCUT2D eigenvalue weighted by Crippen LogP contribution is -1.86. The number of imidazole rings is 1. The topological polar surface area (TPSA) is 54.7 Å². The second-order valence-corrected chi connectivity index (χ2v) is 5.93. The normalized spacial score (nSPS) is 11.1. The summed E-state index contributed by atoms with van der Waals surface area (Å²) < 4.78 is 0. The number of aromatic amines is 1. The van der Waals surface area contributed by atoms with Crippen LogP contribution in [0.1, 0.15) is 17.0 Å². The molecule has 2 aromatic carbocycles. The molecule has 0 bridgehead atoms.